The van der Waals surface area contributed by atoms with Gasteiger partial charge in [-0.15, -0.1) is 0 Å². The van der Waals surface area contributed by atoms with Gasteiger partial charge < -0.3 is 10.2 Å². The average molecular weight is 173 g/mol. The molecule has 5 nitrogen and oxygen atoms in total. The molecular formula is C7H11NO4. The van der Waals surface area contributed by atoms with E-state index in [0.29, 0.717) is 19.0 Å². The van der Waals surface area contributed by atoms with Crippen LogP contribution in [0.25, 0.3) is 0 Å². The number of rotatable bonds is 3. The number of hydrogen-bond acceptors (Lipinski definition) is 3. The standard InChI is InChI=1S/C7H11NO4/c1-4-2-8(3-4)5(6(9)10)7(11)12/h4-5H,2-3H2,1H3,(H,9,10)(H,11,12). The fourth-order valence-corrected chi connectivity index (χ4v) is 1.38. The molecule has 0 saturated carbocycles. The molecule has 0 aliphatic carbocycles. The molecule has 1 heterocycles. The predicted octanol–water partition coefficient (Wildman–Crippen LogP) is -0.524. The molecule has 0 aromatic heterocycles. The van der Waals surface area contributed by atoms with Crippen LogP contribution in [0.5, 0.6) is 0 Å². The van der Waals surface area contributed by atoms with Gasteiger partial charge in [0.25, 0.3) is 0 Å². The van der Waals surface area contributed by atoms with Gasteiger partial charge in [-0.2, -0.15) is 0 Å². The molecule has 0 amide bonds. The molecule has 0 aromatic carbocycles. The Labute approximate surface area is 69.6 Å². The van der Waals surface area contributed by atoms with E-state index in [9.17, 15) is 9.59 Å². The third-order valence-electron chi connectivity index (χ3n) is 1.93. The van der Waals surface area contributed by atoms with E-state index >= 15 is 0 Å². The minimum atomic E-state index is -1.36. The van der Waals surface area contributed by atoms with Crippen molar-refractivity contribution in [2.75, 3.05) is 13.1 Å². The van der Waals surface area contributed by atoms with Crippen LogP contribution in [0.3, 0.4) is 0 Å². The lowest BCUT2D eigenvalue weighted by atomic mass is 10.00. The Hall–Kier alpha value is -1.10. The van der Waals surface area contributed by atoms with Crippen LogP contribution in [0.4, 0.5) is 0 Å². The third kappa shape index (κ3) is 1.55. The summed E-state index contributed by atoms with van der Waals surface area (Å²) in [5.74, 6) is -2.16. The van der Waals surface area contributed by atoms with Crippen molar-refractivity contribution >= 4 is 11.9 Å². The quantitative estimate of drug-likeness (QED) is 0.561. The summed E-state index contributed by atoms with van der Waals surface area (Å²) in [5.41, 5.74) is 0. The van der Waals surface area contributed by atoms with Crippen molar-refractivity contribution in [2.45, 2.75) is 13.0 Å². The van der Waals surface area contributed by atoms with Gasteiger partial charge in [0.2, 0.25) is 6.04 Å². The van der Waals surface area contributed by atoms with Crippen LogP contribution in [0, 0.1) is 5.92 Å². The smallest absolute Gasteiger partial charge is 0.332 e. The number of likely N-dealkylation sites (tertiary alicyclic amines) is 1. The summed E-state index contributed by atoms with van der Waals surface area (Å²) in [6.45, 7) is 3.07. The zero-order valence-corrected chi connectivity index (χ0v) is 6.73. The van der Waals surface area contributed by atoms with E-state index < -0.39 is 18.0 Å². The fourth-order valence-electron chi connectivity index (χ4n) is 1.38. The molecule has 0 radical (unpaired) electrons. The molecule has 5 heteroatoms. The Morgan fingerprint density at radius 3 is 2.00 bits per heavy atom. The largest absolute Gasteiger partial charge is 0.480 e. The molecule has 1 saturated heterocycles. The highest BCUT2D eigenvalue weighted by Gasteiger charge is 2.38. The van der Waals surface area contributed by atoms with E-state index in [0.717, 1.165) is 0 Å². The summed E-state index contributed by atoms with van der Waals surface area (Å²) >= 11 is 0. The van der Waals surface area contributed by atoms with E-state index in [1.807, 2.05) is 6.92 Å². The van der Waals surface area contributed by atoms with Crippen LogP contribution in [0.1, 0.15) is 6.92 Å². The fraction of sp³-hybridized carbons (Fsp3) is 0.714. The molecule has 0 unspecified atom stereocenters. The highest BCUT2D eigenvalue weighted by molar-refractivity contribution is 5.97. The van der Waals surface area contributed by atoms with E-state index in [-0.39, 0.29) is 0 Å². The first-order valence-corrected chi connectivity index (χ1v) is 3.72. The predicted molar refractivity (Wildman–Crippen MR) is 39.8 cm³/mol. The minimum absolute atomic E-state index is 0.409. The number of aliphatic carboxylic acids is 2. The maximum atomic E-state index is 10.5. The molecule has 1 rings (SSSR count). The number of carboxylic acid groups (broad SMARTS) is 2. The zero-order valence-electron chi connectivity index (χ0n) is 6.73. The Balaban J connectivity index is 2.56. The average Bonchev–Trinajstić information content (AvgIpc) is 1.82. The van der Waals surface area contributed by atoms with Crippen LogP contribution in [-0.4, -0.2) is 46.2 Å². The van der Waals surface area contributed by atoms with Gasteiger partial charge in [0.15, 0.2) is 0 Å². The highest BCUT2D eigenvalue weighted by atomic mass is 16.4. The summed E-state index contributed by atoms with van der Waals surface area (Å²) in [7, 11) is 0. The van der Waals surface area contributed by atoms with Gasteiger partial charge in [-0.25, -0.2) is 9.59 Å². The number of nitrogens with zero attached hydrogens (tertiary/aromatic N) is 1. The maximum Gasteiger partial charge on any atom is 0.332 e. The number of carboxylic acids is 2. The molecule has 1 aliphatic heterocycles. The van der Waals surface area contributed by atoms with Gasteiger partial charge in [0.1, 0.15) is 0 Å². The normalized spacial score (nSPS) is 19.2. The second kappa shape index (κ2) is 3.10. The molecule has 0 bridgehead atoms. The first-order chi connectivity index (χ1) is 5.52. The van der Waals surface area contributed by atoms with Crippen LogP contribution >= 0.6 is 0 Å². The summed E-state index contributed by atoms with van der Waals surface area (Å²) in [6, 6.07) is -1.36. The minimum Gasteiger partial charge on any atom is -0.480 e. The van der Waals surface area contributed by atoms with Gasteiger partial charge in [0.05, 0.1) is 0 Å². The first-order valence-electron chi connectivity index (χ1n) is 3.72. The SMILES string of the molecule is CC1CN(C(C(=O)O)C(=O)O)C1. The maximum absolute atomic E-state index is 10.5. The van der Waals surface area contributed by atoms with Crippen molar-refractivity contribution in [1.82, 2.24) is 4.90 Å². The summed E-state index contributed by atoms with van der Waals surface area (Å²) in [4.78, 5) is 22.4. The lowest BCUT2D eigenvalue weighted by Gasteiger charge is -2.39. The van der Waals surface area contributed by atoms with Gasteiger partial charge >= 0.3 is 11.9 Å². The Morgan fingerprint density at radius 2 is 1.75 bits per heavy atom. The lowest BCUT2D eigenvalue weighted by Crippen LogP contribution is -2.57. The molecule has 0 aromatic rings. The highest BCUT2D eigenvalue weighted by Crippen LogP contribution is 2.17. The van der Waals surface area contributed by atoms with E-state index in [4.69, 9.17) is 10.2 Å². The molecule has 2 N–H and O–H groups in total. The second-order valence-corrected chi connectivity index (χ2v) is 3.14. The molecule has 1 aliphatic rings. The molecule has 0 spiro atoms. The number of hydrogen-bond donors (Lipinski definition) is 2. The zero-order chi connectivity index (χ0) is 9.30. The van der Waals surface area contributed by atoms with Gasteiger partial charge in [-0.1, -0.05) is 6.92 Å². The van der Waals surface area contributed by atoms with Gasteiger partial charge in [-0.3, -0.25) is 4.90 Å². The topological polar surface area (TPSA) is 77.8 Å². The second-order valence-electron chi connectivity index (χ2n) is 3.14. The molecular weight excluding hydrogens is 162 g/mol. The van der Waals surface area contributed by atoms with Crippen LogP contribution in [0.15, 0.2) is 0 Å². The van der Waals surface area contributed by atoms with Gasteiger partial charge in [0, 0.05) is 13.1 Å². The van der Waals surface area contributed by atoms with Crippen LogP contribution in [-0.2, 0) is 9.59 Å². The van der Waals surface area contributed by atoms with E-state index in [1.165, 1.54) is 4.90 Å². The molecule has 68 valence electrons. The van der Waals surface area contributed by atoms with Crippen LogP contribution < -0.4 is 0 Å². The Bertz CT molecular complexity index is 195. The molecule has 12 heavy (non-hydrogen) atoms. The van der Waals surface area contributed by atoms with E-state index in [2.05, 4.69) is 0 Å². The van der Waals surface area contributed by atoms with E-state index in [1.54, 1.807) is 0 Å². The van der Waals surface area contributed by atoms with Crippen molar-refractivity contribution in [3.05, 3.63) is 0 Å². The van der Waals surface area contributed by atoms with Crippen molar-refractivity contribution < 1.29 is 19.8 Å². The third-order valence-corrected chi connectivity index (χ3v) is 1.93. The van der Waals surface area contributed by atoms with Crippen molar-refractivity contribution in [3.63, 3.8) is 0 Å². The summed E-state index contributed by atoms with van der Waals surface area (Å²) < 4.78 is 0. The monoisotopic (exact) mass is 173 g/mol. The first kappa shape index (κ1) is 8.99. The molecule has 0 atom stereocenters. The lowest BCUT2D eigenvalue weighted by molar-refractivity contribution is -0.160. The van der Waals surface area contributed by atoms with Crippen molar-refractivity contribution in [2.24, 2.45) is 5.92 Å². The Morgan fingerprint density at radius 1 is 1.33 bits per heavy atom. The van der Waals surface area contributed by atoms with Gasteiger partial charge in [-0.05, 0) is 5.92 Å². The van der Waals surface area contributed by atoms with Crippen LogP contribution in [0.2, 0.25) is 0 Å². The summed E-state index contributed by atoms with van der Waals surface area (Å²) in [5, 5.41) is 17.1. The van der Waals surface area contributed by atoms with Crippen molar-refractivity contribution in [3.8, 4) is 0 Å². The van der Waals surface area contributed by atoms with Crippen molar-refractivity contribution in [1.29, 1.82) is 0 Å². The summed E-state index contributed by atoms with van der Waals surface area (Å²) in [6.07, 6.45) is 0. The Kier molecular flexibility index (Phi) is 2.32. The number of carbonyl (C=O) groups is 2. The molecule has 1 fully saturated rings.